The third kappa shape index (κ3) is 17.2. The molecule has 1 N–H and O–H groups in total. The number of rotatable bonds is 6. The summed E-state index contributed by atoms with van der Waals surface area (Å²) in [6.45, 7) is 10.5. The number of phenolic OH excluding ortho intramolecular Hbond substituents is 1. The second-order valence-corrected chi connectivity index (χ2v) is 5.87. The van der Waals surface area contributed by atoms with E-state index in [4.69, 9.17) is 14.9 Å². The SMILES string of the molecule is C=CCBr.C=CCOc1ccc(C(C)=O)cc1.CC(=O)c1ccc(O)cc1.C[O-].[Na+]. The Kier molecular flexibility index (Phi) is 24.2. The van der Waals surface area contributed by atoms with Gasteiger partial charge in [0.2, 0.25) is 0 Å². The molecule has 0 aliphatic carbocycles. The number of alkyl halides is 1. The predicted octanol–water partition coefficient (Wildman–Crippen LogP) is 1.60. The Labute approximate surface area is 209 Å². The van der Waals surface area contributed by atoms with Crippen LogP contribution in [-0.2, 0) is 0 Å². The van der Waals surface area contributed by atoms with Gasteiger partial charge in [-0.3, -0.25) is 9.59 Å². The van der Waals surface area contributed by atoms with Gasteiger partial charge in [-0.05, 0) is 62.4 Å². The van der Waals surface area contributed by atoms with E-state index >= 15 is 0 Å². The second-order valence-electron chi connectivity index (χ2n) is 5.23. The van der Waals surface area contributed by atoms with Crippen LogP contribution < -0.4 is 39.4 Å². The first-order chi connectivity index (χ1) is 13.8. The monoisotopic (exact) mass is 486 g/mol. The summed E-state index contributed by atoms with van der Waals surface area (Å²) in [5.74, 6) is 1.02. The average molecular weight is 487 g/mol. The summed E-state index contributed by atoms with van der Waals surface area (Å²) < 4.78 is 5.26. The van der Waals surface area contributed by atoms with E-state index in [1.165, 1.54) is 19.1 Å². The summed E-state index contributed by atoms with van der Waals surface area (Å²) in [6, 6.07) is 13.2. The minimum atomic E-state index is 0. The minimum absolute atomic E-state index is 0. The van der Waals surface area contributed by atoms with Crippen molar-refractivity contribution in [2.75, 3.05) is 19.0 Å². The van der Waals surface area contributed by atoms with E-state index in [0.717, 1.165) is 18.2 Å². The van der Waals surface area contributed by atoms with E-state index < -0.39 is 0 Å². The zero-order chi connectivity index (χ0) is 22.7. The van der Waals surface area contributed by atoms with Crippen molar-refractivity contribution >= 4 is 27.5 Å². The molecule has 0 fully saturated rings. The van der Waals surface area contributed by atoms with E-state index in [2.05, 4.69) is 29.1 Å². The largest absolute Gasteiger partial charge is 1.00 e. The molecule has 0 radical (unpaired) electrons. The molecule has 0 unspecified atom stereocenters. The summed E-state index contributed by atoms with van der Waals surface area (Å²) in [6.07, 6.45) is 3.47. The molecule has 0 aliphatic heterocycles. The number of aromatic hydroxyl groups is 1. The van der Waals surface area contributed by atoms with Gasteiger partial charge in [0.15, 0.2) is 11.6 Å². The van der Waals surface area contributed by atoms with Gasteiger partial charge in [-0.25, -0.2) is 0 Å². The number of ether oxygens (including phenoxy) is 1. The third-order valence-electron chi connectivity index (χ3n) is 3.01. The molecular formula is C23H28BrNaO5. The summed E-state index contributed by atoms with van der Waals surface area (Å²) in [7, 11) is 0.750. The Hall–Kier alpha value is -1.70. The van der Waals surface area contributed by atoms with Crippen LogP contribution in [0.4, 0.5) is 0 Å². The molecule has 0 amide bonds. The molecular weight excluding hydrogens is 459 g/mol. The minimum Gasteiger partial charge on any atom is -0.857 e. The molecule has 0 aliphatic rings. The van der Waals surface area contributed by atoms with E-state index in [-0.39, 0.29) is 46.9 Å². The summed E-state index contributed by atoms with van der Waals surface area (Å²) in [4.78, 5) is 21.6. The number of halogens is 1. The zero-order valence-electron chi connectivity index (χ0n) is 18.1. The fourth-order valence-electron chi connectivity index (χ4n) is 1.64. The fourth-order valence-corrected chi connectivity index (χ4v) is 1.64. The van der Waals surface area contributed by atoms with Gasteiger partial charge in [-0.15, -0.1) is 6.58 Å². The first-order valence-corrected chi connectivity index (χ1v) is 9.70. The van der Waals surface area contributed by atoms with E-state index in [9.17, 15) is 9.59 Å². The zero-order valence-corrected chi connectivity index (χ0v) is 21.6. The number of Topliss-reactive ketones (excluding diaryl/α,β-unsaturated/α-hetero) is 2. The number of hydrogen-bond donors (Lipinski definition) is 1. The van der Waals surface area contributed by atoms with Crippen molar-refractivity contribution in [1.82, 2.24) is 0 Å². The van der Waals surface area contributed by atoms with Gasteiger partial charge < -0.3 is 14.9 Å². The molecule has 0 saturated heterocycles. The number of carbonyl (C=O) groups is 2. The first kappa shape index (κ1) is 33.0. The van der Waals surface area contributed by atoms with Gasteiger partial charge in [-0.2, -0.15) is 7.11 Å². The topological polar surface area (TPSA) is 86.7 Å². The molecule has 0 aromatic heterocycles. The van der Waals surface area contributed by atoms with Crippen LogP contribution in [-0.4, -0.2) is 35.7 Å². The van der Waals surface area contributed by atoms with Crippen LogP contribution in [0.1, 0.15) is 34.6 Å². The van der Waals surface area contributed by atoms with Crippen LogP contribution in [0.5, 0.6) is 11.5 Å². The molecule has 5 nitrogen and oxygen atoms in total. The summed E-state index contributed by atoms with van der Waals surface area (Å²) in [5, 5.41) is 18.0. The average Bonchev–Trinajstić information content (AvgIpc) is 2.75. The van der Waals surface area contributed by atoms with Crippen LogP contribution in [0, 0.1) is 0 Å². The first-order valence-electron chi connectivity index (χ1n) is 8.58. The molecule has 2 rings (SSSR count). The molecule has 7 heteroatoms. The fraction of sp³-hybridized carbons (Fsp3) is 0.217. The van der Waals surface area contributed by atoms with Gasteiger partial charge >= 0.3 is 29.6 Å². The smallest absolute Gasteiger partial charge is 0.857 e. The molecule has 0 atom stereocenters. The Balaban J connectivity index is -0.000000382. The summed E-state index contributed by atoms with van der Waals surface area (Å²) in [5.41, 5.74) is 1.32. The molecule has 0 spiro atoms. The number of benzene rings is 2. The van der Waals surface area contributed by atoms with Crippen LogP contribution in [0.15, 0.2) is 73.8 Å². The standard InChI is InChI=1S/C11H12O2.C8H8O2.C3H5Br.CH3O.Na/c1-3-8-13-11-6-4-10(5-7-11)9(2)12;1-6(9)7-2-4-8(10)5-3-7;1-2-3-4;1-2;/h3-7H,1,8H2,2H3;2-5,10H,1H3;2H,1,3H2;1H3;/q;;;-1;+1. The molecule has 158 valence electrons. The van der Waals surface area contributed by atoms with Crippen molar-refractivity contribution in [1.29, 1.82) is 0 Å². The van der Waals surface area contributed by atoms with Gasteiger partial charge in [-0.1, -0.05) is 34.7 Å². The van der Waals surface area contributed by atoms with Crippen LogP contribution in [0.2, 0.25) is 0 Å². The van der Waals surface area contributed by atoms with E-state index in [1.807, 2.05) is 0 Å². The molecule has 0 bridgehead atoms. The van der Waals surface area contributed by atoms with Gasteiger partial charge in [0, 0.05) is 16.5 Å². The third-order valence-corrected chi connectivity index (χ3v) is 3.47. The number of allylic oxidation sites excluding steroid dienone is 1. The van der Waals surface area contributed by atoms with E-state index in [0.29, 0.717) is 17.7 Å². The van der Waals surface area contributed by atoms with Gasteiger partial charge in [0.25, 0.3) is 0 Å². The number of carbonyl (C=O) groups excluding carboxylic acids is 2. The number of phenols is 1. The van der Waals surface area contributed by atoms with Crippen molar-refractivity contribution < 1.29 is 54.1 Å². The number of ketones is 2. The van der Waals surface area contributed by atoms with Crippen molar-refractivity contribution in [2.24, 2.45) is 0 Å². The van der Waals surface area contributed by atoms with Crippen molar-refractivity contribution in [3.63, 3.8) is 0 Å². The van der Waals surface area contributed by atoms with Crippen molar-refractivity contribution in [3.05, 3.63) is 85.0 Å². The van der Waals surface area contributed by atoms with Crippen LogP contribution >= 0.6 is 15.9 Å². The van der Waals surface area contributed by atoms with Crippen LogP contribution in [0.25, 0.3) is 0 Å². The number of hydrogen-bond acceptors (Lipinski definition) is 5. The molecule has 2 aromatic rings. The second kappa shape index (κ2) is 22.0. The van der Waals surface area contributed by atoms with E-state index in [1.54, 1.807) is 55.5 Å². The molecule has 2 aromatic carbocycles. The molecule has 0 heterocycles. The Morgan fingerprint density at radius 2 is 1.30 bits per heavy atom. The van der Waals surface area contributed by atoms with Gasteiger partial charge in [0.05, 0.1) is 0 Å². The molecule has 0 saturated carbocycles. The Morgan fingerprint density at radius 3 is 1.60 bits per heavy atom. The quantitative estimate of drug-likeness (QED) is 0.290. The molecule has 30 heavy (non-hydrogen) atoms. The maximum Gasteiger partial charge on any atom is 1.00 e. The Morgan fingerprint density at radius 1 is 0.933 bits per heavy atom. The maximum absolute atomic E-state index is 10.9. The van der Waals surface area contributed by atoms with Crippen LogP contribution in [0.3, 0.4) is 0 Å². The van der Waals surface area contributed by atoms with Crippen molar-refractivity contribution in [2.45, 2.75) is 13.8 Å². The van der Waals surface area contributed by atoms with Gasteiger partial charge in [0.1, 0.15) is 18.1 Å². The summed E-state index contributed by atoms with van der Waals surface area (Å²) >= 11 is 3.13. The Bertz CT molecular complexity index is 728. The normalized spacial score (nSPS) is 8.17. The maximum atomic E-state index is 10.9. The van der Waals surface area contributed by atoms with Crippen molar-refractivity contribution in [3.8, 4) is 11.5 Å². The predicted molar refractivity (Wildman–Crippen MR) is 120 cm³/mol.